The lowest BCUT2D eigenvalue weighted by Crippen LogP contribution is -2.17. The molecule has 3 heteroatoms. The molecule has 0 atom stereocenters. The SMILES string of the molecule is CC(C)c1nc(C(C)(C)C)n(C)n1. The molecule has 0 bridgehead atoms. The van der Waals surface area contributed by atoms with Crippen molar-refractivity contribution >= 4 is 0 Å². The van der Waals surface area contributed by atoms with Crippen molar-refractivity contribution in [1.29, 1.82) is 0 Å². The summed E-state index contributed by atoms with van der Waals surface area (Å²) in [7, 11) is 1.96. The van der Waals surface area contributed by atoms with Gasteiger partial charge in [-0.3, -0.25) is 4.68 Å². The first-order valence-electron chi connectivity index (χ1n) is 4.74. The Morgan fingerprint density at radius 1 is 1.23 bits per heavy atom. The molecule has 1 rings (SSSR count). The molecule has 0 aliphatic rings. The van der Waals surface area contributed by atoms with Gasteiger partial charge in [0.15, 0.2) is 5.82 Å². The third-order valence-corrected chi connectivity index (χ3v) is 1.97. The normalized spacial score (nSPS) is 12.5. The van der Waals surface area contributed by atoms with Crippen molar-refractivity contribution in [2.75, 3.05) is 0 Å². The summed E-state index contributed by atoms with van der Waals surface area (Å²) in [5, 5.41) is 4.38. The van der Waals surface area contributed by atoms with Gasteiger partial charge in [-0.05, 0) is 0 Å². The fourth-order valence-electron chi connectivity index (χ4n) is 1.30. The molecule has 0 aliphatic heterocycles. The molecule has 0 aromatic carbocycles. The molecule has 1 aromatic heterocycles. The summed E-state index contributed by atoms with van der Waals surface area (Å²) in [6.45, 7) is 10.7. The van der Waals surface area contributed by atoms with Gasteiger partial charge in [-0.15, -0.1) is 0 Å². The van der Waals surface area contributed by atoms with Gasteiger partial charge in [-0.2, -0.15) is 5.10 Å². The summed E-state index contributed by atoms with van der Waals surface area (Å²) in [5.74, 6) is 2.39. The minimum absolute atomic E-state index is 0.0783. The second-order valence-electron chi connectivity index (χ2n) is 4.82. The van der Waals surface area contributed by atoms with Gasteiger partial charge >= 0.3 is 0 Å². The lowest BCUT2D eigenvalue weighted by atomic mass is 9.96. The topological polar surface area (TPSA) is 30.7 Å². The van der Waals surface area contributed by atoms with Crippen LogP contribution in [-0.2, 0) is 12.5 Å². The Morgan fingerprint density at radius 3 is 2.00 bits per heavy atom. The molecule has 1 heterocycles. The molecule has 3 nitrogen and oxygen atoms in total. The van der Waals surface area contributed by atoms with Crippen molar-refractivity contribution in [2.45, 2.75) is 46.0 Å². The quantitative estimate of drug-likeness (QED) is 0.665. The van der Waals surface area contributed by atoms with Crippen LogP contribution in [0.15, 0.2) is 0 Å². The Morgan fingerprint density at radius 2 is 1.77 bits per heavy atom. The summed E-state index contributed by atoms with van der Waals surface area (Å²) in [6, 6.07) is 0. The molecule has 74 valence electrons. The van der Waals surface area contributed by atoms with E-state index in [1.54, 1.807) is 0 Å². The van der Waals surface area contributed by atoms with E-state index in [9.17, 15) is 0 Å². The molecular formula is C10H19N3. The standard InChI is InChI=1S/C10H19N3/c1-7(2)8-11-9(10(3,4)5)13(6)12-8/h7H,1-6H3. The number of aromatic nitrogens is 3. The number of nitrogens with zero attached hydrogens (tertiary/aromatic N) is 3. The van der Waals surface area contributed by atoms with Crippen LogP contribution < -0.4 is 0 Å². The van der Waals surface area contributed by atoms with Crippen molar-refractivity contribution in [3.05, 3.63) is 11.6 Å². The lowest BCUT2D eigenvalue weighted by Gasteiger charge is -2.15. The maximum Gasteiger partial charge on any atom is 0.153 e. The monoisotopic (exact) mass is 181 g/mol. The molecule has 0 fully saturated rings. The Kier molecular flexibility index (Phi) is 2.46. The highest BCUT2D eigenvalue weighted by Gasteiger charge is 2.21. The minimum atomic E-state index is 0.0783. The van der Waals surface area contributed by atoms with Gasteiger partial charge < -0.3 is 0 Å². The summed E-state index contributed by atoms with van der Waals surface area (Å²) in [4.78, 5) is 4.53. The van der Waals surface area contributed by atoms with Gasteiger partial charge in [-0.25, -0.2) is 4.98 Å². The molecule has 0 spiro atoms. The van der Waals surface area contributed by atoms with Gasteiger partial charge in [0, 0.05) is 18.4 Å². The predicted molar refractivity (Wildman–Crippen MR) is 53.8 cm³/mol. The van der Waals surface area contributed by atoms with E-state index in [1.807, 2.05) is 11.7 Å². The van der Waals surface area contributed by atoms with Crippen LogP contribution in [0.5, 0.6) is 0 Å². The molecule has 0 N–H and O–H groups in total. The van der Waals surface area contributed by atoms with Crippen LogP contribution in [0.25, 0.3) is 0 Å². The molecule has 0 unspecified atom stereocenters. The summed E-state index contributed by atoms with van der Waals surface area (Å²) in [6.07, 6.45) is 0. The average Bonchev–Trinajstić information content (AvgIpc) is 2.29. The molecule has 1 aromatic rings. The first-order chi connectivity index (χ1) is 5.82. The second kappa shape index (κ2) is 3.13. The zero-order valence-corrected chi connectivity index (χ0v) is 9.42. The van der Waals surface area contributed by atoms with Gasteiger partial charge in [0.05, 0.1) is 0 Å². The highest BCUT2D eigenvalue weighted by atomic mass is 15.3. The average molecular weight is 181 g/mol. The number of rotatable bonds is 1. The summed E-state index contributed by atoms with van der Waals surface area (Å²) >= 11 is 0. The molecule has 0 saturated carbocycles. The van der Waals surface area contributed by atoms with E-state index in [0.29, 0.717) is 5.92 Å². The van der Waals surface area contributed by atoms with Gasteiger partial charge in [0.1, 0.15) is 5.82 Å². The predicted octanol–water partition coefficient (Wildman–Crippen LogP) is 2.24. The molecular weight excluding hydrogens is 162 g/mol. The minimum Gasteiger partial charge on any atom is -0.252 e. The van der Waals surface area contributed by atoms with Crippen LogP contribution in [0, 0.1) is 0 Å². The van der Waals surface area contributed by atoms with Crippen molar-refractivity contribution in [3.63, 3.8) is 0 Å². The second-order valence-corrected chi connectivity index (χ2v) is 4.82. The van der Waals surface area contributed by atoms with Crippen LogP contribution in [0.2, 0.25) is 0 Å². The first-order valence-corrected chi connectivity index (χ1v) is 4.74. The Hall–Kier alpha value is -0.860. The summed E-state index contributed by atoms with van der Waals surface area (Å²) < 4.78 is 1.88. The Balaban J connectivity index is 3.11. The van der Waals surface area contributed by atoms with E-state index in [4.69, 9.17) is 0 Å². The highest BCUT2D eigenvalue weighted by molar-refractivity contribution is 5.05. The lowest BCUT2D eigenvalue weighted by molar-refractivity contribution is 0.506. The zero-order chi connectivity index (χ0) is 10.2. The van der Waals surface area contributed by atoms with Crippen molar-refractivity contribution in [2.24, 2.45) is 7.05 Å². The van der Waals surface area contributed by atoms with Crippen LogP contribution in [0.4, 0.5) is 0 Å². The fourth-order valence-corrected chi connectivity index (χ4v) is 1.30. The number of hydrogen-bond donors (Lipinski definition) is 0. The van der Waals surface area contributed by atoms with Gasteiger partial charge in [0.25, 0.3) is 0 Å². The first kappa shape index (κ1) is 10.2. The molecule has 0 aliphatic carbocycles. The largest absolute Gasteiger partial charge is 0.252 e. The van der Waals surface area contributed by atoms with E-state index in [2.05, 4.69) is 44.7 Å². The fraction of sp³-hybridized carbons (Fsp3) is 0.800. The van der Waals surface area contributed by atoms with E-state index in [0.717, 1.165) is 11.6 Å². The smallest absolute Gasteiger partial charge is 0.153 e. The van der Waals surface area contributed by atoms with Crippen molar-refractivity contribution in [1.82, 2.24) is 14.8 Å². The Bertz CT molecular complexity index is 292. The van der Waals surface area contributed by atoms with Crippen molar-refractivity contribution < 1.29 is 0 Å². The maximum absolute atomic E-state index is 4.53. The van der Waals surface area contributed by atoms with Gasteiger partial charge in [-0.1, -0.05) is 34.6 Å². The maximum atomic E-state index is 4.53. The molecule has 13 heavy (non-hydrogen) atoms. The van der Waals surface area contributed by atoms with E-state index in [-0.39, 0.29) is 5.41 Å². The van der Waals surface area contributed by atoms with Crippen LogP contribution in [0.3, 0.4) is 0 Å². The van der Waals surface area contributed by atoms with Crippen molar-refractivity contribution in [3.8, 4) is 0 Å². The van der Waals surface area contributed by atoms with Gasteiger partial charge in [0.2, 0.25) is 0 Å². The van der Waals surface area contributed by atoms with E-state index in [1.165, 1.54) is 0 Å². The van der Waals surface area contributed by atoms with Crippen LogP contribution in [0.1, 0.15) is 52.2 Å². The van der Waals surface area contributed by atoms with Crippen LogP contribution >= 0.6 is 0 Å². The summed E-state index contributed by atoms with van der Waals surface area (Å²) in [5.41, 5.74) is 0.0783. The van der Waals surface area contributed by atoms with E-state index < -0.39 is 0 Å². The highest BCUT2D eigenvalue weighted by Crippen LogP contribution is 2.21. The molecule has 0 saturated heterocycles. The molecule has 0 radical (unpaired) electrons. The number of hydrogen-bond acceptors (Lipinski definition) is 2. The zero-order valence-electron chi connectivity index (χ0n) is 9.42. The number of aryl methyl sites for hydroxylation is 1. The Labute approximate surface area is 80.2 Å². The third kappa shape index (κ3) is 2.08. The van der Waals surface area contributed by atoms with E-state index >= 15 is 0 Å². The van der Waals surface area contributed by atoms with Crippen LogP contribution in [-0.4, -0.2) is 14.8 Å². The third-order valence-electron chi connectivity index (χ3n) is 1.97. The molecule has 0 amide bonds.